The molecule has 0 aromatic rings. The number of methoxy groups -OCH3 is 1. The van der Waals surface area contributed by atoms with Crippen LogP contribution < -0.4 is 5.32 Å². The molecule has 2 unspecified atom stereocenters. The molecule has 0 saturated heterocycles. The Labute approximate surface area is 454 Å². The van der Waals surface area contributed by atoms with Crippen LogP contribution in [0.5, 0.6) is 0 Å². The molecule has 0 aliphatic heterocycles. The first-order valence-corrected chi connectivity index (χ1v) is 28.7. The van der Waals surface area contributed by atoms with Crippen LogP contribution in [-0.4, -0.2) is 223 Å². The molecule has 73 heavy (non-hydrogen) atoms. The Morgan fingerprint density at radius 1 is 0.438 bits per heavy atom. The van der Waals surface area contributed by atoms with Gasteiger partial charge in [-0.15, -0.1) is 0 Å². The minimum absolute atomic E-state index is 0.134. The fourth-order valence-electron chi connectivity index (χ4n) is 4.62. The van der Waals surface area contributed by atoms with Gasteiger partial charge in [0, 0.05) is 72.4 Å². The third kappa shape index (κ3) is 147. The van der Waals surface area contributed by atoms with E-state index in [-0.39, 0.29) is 46.2 Å². The number of aliphatic hydroxyl groups excluding tert-OH is 8. The molecule has 0 aliphatic carbocycles. The lowest BCUT2D eigenvalue weighted by Crippen LogP contribution is -2.27. The summed E-state index contributed by atoms with van der Waals surface area (Å²) in [6.07, 6.45) is 20.0. The van der Waals surface area contributed by atoms with Crippen LogP contribution in [0.1, 0.15) is 192 Å². The summed E-state index contributed by atoms with van der Waals surface area (Å²) in [6, 6.07) is 0.544. The summed E-state index contributed by atoms with van der Waals surface area (Å²) in [5, 5.41) is 69.4. The maximum atomic E-state index is 8.40. The van der Waals surface area contributed by atoms with Gasteiger partial charge in [-0.3, -0.25) is 0 Å². The molecule has 0 spiro atoms. The first-order valence-electron chi connectivity index (χ1n) is 28.7. The van der Waals surface area contributed by atoms with Gasteiger partial charge < -0.3 is 79.7 Å². The highest BCUT2D eigenvalue weighted by Crippen LogP contribution is 2.20. The van der Waals surface area contributed by atoms with Gasteiger partial charge in [0.2, 0.25) is 0 Å². The Balaban J connectivity index is -0.0000000909. The van der Waals surface area contributed by atoms with Crippen molar-refractivity contribution in [3.63, 3.8) is 0 Å². The average Bonchev–Trinajstić information content (AvgIpc) is 3.37. The Hall–Kier alpha value is -0.640. The second-order valence-corrected chi connectivity index (χ2v) is 19.0. The fraction of sp³-hybridized carbons (Fsp3) is 1.00. The van der Waals surface area contributed by atoms with Gasteiger partial charge in [-0.25, -0.2) is 0 Å². The number of likely N-dealkylation sites (N-methyl/N-ethyl adjacent to an activating group) is 2. The lowest BCUT2D eigenvalue weighted by molar-refractivity contribution is 0.0853. The average molecular weight is 1070 g/mol. The molecule has 16 nitrogen and oxygen atoms in total. The zero-order chi connectivity index (χ0) is 57.9. The molecule has 0 radical (unpaired) electrons. The summed E-state index contributed by atoms with van der Waals surface area (Å²) in [5.41, 5.74) is 0.405. The van der Waals surface area contributed by atoms with Gasteiger partial charge in [0.25, 0.3) is 0 Å². The fourth-order valence-corrected chi connectivity index (χ4v) is 4.62. The van der Waals surface area contributed by atoms with E-state index in [0.29, 0.717) is 44.5 Å². The van der Waals surface area contributed by atoms with Crippen LogP contribution in [0.25, 0.3) is 0 Å². The molecule has 456 valence electrons. The van der Waals surface area contributed by atoms with Crippen molar-refractivity contribution in [2.45, 2.75) is 198 Å². The van der Waals surface area contributed by atoms with Crippen molar-refractivity contribution < 1.29 is 64.5 Å². The van der Waals surface area contributed by atoms with Gasteiger partial charge in [0.15, 0.2) is 0 Å². The molecule has 9 N–H and O–H groups in total. The van der Waals surface area contributed by atoms with E-state index in [0.717, 1.165) is 116 Å². The van der Waals surface area contributed by atoms with Crippen LogP contribution in [0.3, 0.4) is 0 Å². The number of nitrogens with zero attached hydrogens (tertiary/aromatic N) is 2. The zero-order valence-electron chi connectivity index (χ0n) is 51.5. The number of hydrogen-bond donors (Lipinski definition) is 9. The summed E-state index contributed by atoms with van der Waals surface area (Å²) in [7, 11) is 7.60. The smallest absolute Gasteiger partial charge is 0.0697 e. The third-order valence-corrected chi connectivity index (χ3v) is 9.87. The highest BCUT2D eigenvalue weighted by Gasteiger charge is 2.08. The van der Waals surface area contributed by atoms with Crippen molar-refractivity contribution in [2.75, 3.05) is 167 Å². The molecule has 2 atom stereocenters. The summed E-state index contributed by atoms with van der Waals surface area (Å²) >= 11 is 0. The molecule has 0 aromatic heterocycles. The topological polar surface area (TPSA) is 226 Å². The van der Waals surface area contributed by atoms with E-state index in [9.17, 15) is 0 Å². The van der Waals surface area contributed by atoms with E-state index < -0.39 is 0 Å². The number of nitrogens with one attached hydrogen (secondary N) is 1. The van der Waals surface area contributed by atoms with Crippen LogP contribution >= 0.6 is 0 Å². The second kappa shape index (κ2) is 93.8. The molecule has 0 aromatic carbocycles. The molecule has 16 heteroatoms. The van der Waals surface area contributed by atoms with Gasteiger partial charge in [-0.05, 0) is 104 Å². The lowest BCUT2D eigenvalue weighted by Gasteiger charge is -2.17. The van der Waals surface area contributed by atoms with Crippen LogP contribution in [0.2, 0.25) is 0 Å². The van der Waals surface area contributed by atoms with E-state index in [4.69, 9.17) is 64.5 Å². The molecule has 0 bridgehead atoms. The monoisotopic (exact) mass is 1070 g/mol. The number of ether oxygens (including phenoxy) is 5. The Morgan fingerprint density at radius 2 is 0.863 bits per heavy atom. The van der Waals surface area contributed by atoms with Crippen molar-refractivity contribution in [3.8, 4) is 0 Å². The van der Waals surface area contributed by atoms with Gasteiger partial charge in [-0.2, -0.15) is 0 Å². The number of rotatable bonds is 39. The zero-order valence-corrected chi connectivity index (χ0v) is 51.5. The quantitative estimate of drug-likeness (QED) is 0.0263. The Bertz CT molecular complexity index is 771. The van der Waals surface area contributed by atoms with E-state index in [1.54, 1.807) is 7.11 Å². The normalized spacial score (nSPS) is 11.1. The van der Waals surface area contributed by atoms with Crippen LogP contribution in [0.4, 0.5) is 0 Å². The predicted octanol–water partition coefficient (Wildman–Crippen LogP) is 8.45. The molecule has 0 aliphatic rings. The first-order chi connectivity index (χ1) is 34.9. The molecule has 0 heterocycles. The van der Waals surface area contributed by atoms with E-state index >= 15 is 0 Å². The number of hydrogen-bond acceptors (Lipinski definition) is 16. The van der Waals surface area contributed by atoms with Crippen molar-refractivity contribution in [1.82, 2.24) is 15.1 Å². The summed E-state index contributed by atoms with van der Waals surface area (Å²) in [6.45, 7) is 37.0. The number of unbranched alkanes of at least 4 members (excludes halogenated alkanes) is 7. The SMILES string of the molecule is CC(C)(C)CCCOCCO.CCC(C)CCCOC.CCC(C)NCCO.CCCCCCOCCO.CCCCCOCCO.CCCCO.CCCCOCCO.CCN(C)CCO.CN(C)CCO. The largest absolute Gasteiger partial charge is 0.396 e. The van der Waals surface area contributed by atoms with Gasteiger partial charge in [0.05, 0.1) is 72.7 Å². The highest BCUT2D eigenvalue weighted by molar-refractivity contribution is 4.60. The van der Waals surface area contributed by atoms with Gasteiger partial charge >= 0.3 is 0 Å². The van der Waals surface area contributed by atoms with E-state index in [1.807, 2.05) is 26.0 Å². The summed E-state index contributed by atoms with van der Waals surface area (Å²) < 4.78 is 25.2. The molecular weight excluding hydrogens is 935 g/mol. The van der Waals surface area contributed by atoms with Gasteiger partial charge in [-0.1, -0.05) is 128 Å². The molecule has 0 amide bonds. The molecule has 0 fully saturated rings. The second-order valence-electron chi connectivity index (χ2n) is 19.0. The van der Waals surface area contributed by atoms with Crippen molar-refractivity contribution in [1.29, 1.82) is 0 Å². The van der Waals surface area contributed by atoms with Crippen LogP contribution in [0, 0.1) is 11.3 Å². The van der Waals surface area contributed by atoms with Crippen LogP contribution in [0.15, 0.2) is 0 Å². The molecule has 0 saturated carbocycles. The highest BCUT2D eigenvalue weighted by atomic mass is 16.5. The predicted molar refractivity (Wildman–Crippen MR) is 312 cm³/mol. The summed E-state index contributed by atoms with van der Waals surface area (Å²) in [5.74, 6) is 0.875. The maximum Gasteiger partial charge on any atom is 0.0697 e. The first kappa shape index (κ1) is 91.8. The van der Waals surface area contributed by atoms with Crippen molar-refractivity contribution in [3.05, 3.63) is 0 Å². The lowest BCUT2D eigenvalue weighted by atomic mass is 9.91. The van der Waals surface area contributed by atoms with E-state index in [1.165, 1.54) is 57.8 Å². The standard InChI is InChI=1S/C9H20O2.C8H18O2.C8H18O.C7H16O2.C6H15NO.C6H14O2.C5H13NO.C4H11NO.C4H10O/c1-9(2,3)5-4-7-11-8-6-10;1-2-3-4-5-7-10-8-6-9;1-4-8(2)6-5-7-9-3;1-2-3-4-6-9-7-5-8;1-3-6(2)7-4-5-8;1-2-3-5-8-6-4-7;1-3-6(2)4-5-7;1-5(2)3-4-6;1-2-3-4-5/h10H,4-8H2,1-3H3;9H,2-8H2,1H3;8H,4-7H2,1-3H3;8H,2-7H2,1H3;6-8H,3-5H2,1-2H3;7H,2-6H2,1H3;7H,3-5H2,1-2H3;6H,3-4H2,1-2H3;5H,2-4H2,1H3. The minimum atomic E-state index is 0.134. The maximum absolute atomic E-state index is 8.40. The van der Waals surface area contributed by atoms with Gasteiger partial charge in [0.1, 0.15) is 0 Å². The molecular formula is C57H135N3O13. The van der Waals surface area contributed by atoms with Crippen LogP contribution in [-0.2, 0) is 23.7 Å². The number of aliphatic hydroxyl groups is 8. The molecule has 0 rings (SSSR count). The Kier molecular flexibility index (Phi) is 118. The Morgan fingerprint density at radius 3 is 1.15 bits per heavy atom. The summed E-state index contributed by atoms with van der Waals surface area (Å²) in [4.78, 5) is 3.99. The van der Waals surface area contributed by atoms with E-state index in [2.05, 4.69) is 93.3 Å². The minimum Gasteiger partial charge on any atom is -0.396 e. The van der Waals surface area contributed by atoms with Crippen molar-refractivity contribution >= 4 is 0 Å². The third-order valence-electron chi connectivity index (χ3n) is 9.87. The van der Waals surface area contributed by atoms with Crippen molar-refractivity contribution in [2.24, 2.45) is 11.3 Å².